The smallest absolute Gasteiger partial charge is 0.0930 e. The summed E-state index contributed by atoms with van der Waals surface area (Å²) >= 11 is 0. The maximum atomic E-state index is 4.45. The van der Waals surface area contributed by atoms with Crippen molar-refractivity contribution in [1.82, 2.24) is 9.78 Å². The second-order valence-corrected chi connectivity index (χ2v) is 3.68. The molecule has 0 atom stereocenters. The minimum absolute atomic E-state index is 0.459. The molecule has 0 saturated heterocycles. The van der Waals surface area contributed by atoms with E-state index >= 15 is 0 Å². The van der Waals surface area contributed by atoms with Crippen LogP contribution in [-0.2, 0) is 0 Å². The Morgan fingerprint density at radius 3 is 2.71 bits per heavy atom. The normalized spacial score (nSPS) is 11.1. The number of benzene rings is 1. The molecule has 2 heteroatoms. The van der Waals surface area contributed by atoms with E-state index < -0.39 is 0 Å². The van der Waals surface area contributed by atoms with Crippen molar-refractivity contribution in [1.29, 1.82) is 0 Å². The fourth-order valence-corrected chi connectivity index (χ4v) is 1.79. The topological polar surface area (TPSA) is 17.8 Å². The first-order chi connectivity index (χ1) is 6.74. The molecule has 2 nitrogen and oxygen atoms in total. The van der Waals surface area contributed by atoms with Gasteiger partial charge in [-0.15, -0.1) is 0 Å². The van der Waals surface area contributed by atoms with Crippen LogP contribution >= 0.6 is 0 Å². The van der Waals surface area contributed by atoms with Crippen LogP contribution < -0.4 is 0 Å². The molecule has 1 aromatic heterocycles. The molecule has 14 heavy (non-hydrogen) atoms. The lowest BCUT2D eigenvalue weighted by atomic mass is 10.1. The number of aromatic nitrogens is 2. The maximum absolute atomic E-state index is 4.45. The van der Waals surface area contributed by atoms with Gasteiger partial charge in [0, 0.05) is 11.6 Å². The lowest BCUT2D eigenvalue weighted by Crippen LogP contribution is -1.98. The first kappa shape index (κ1) is 9.00. The van der Waals surface area contributed by atoms with E-state index in [4.69, 9.17) is 0 Å². The van der Waals surface area contributed by atoms with Crippen LogP contribution in [0.4, 0.5) is 0 Å². The predicted molar refractivity (Wildman–Crippen MR) is 60.2 cm³/mol. The van der Waals surface area contributed by atoms with Gasteiger partial charge in [0.2, 0.25) is 0 Å². The van der Waals surface area contributed by atoms with Gasteiger partial charge < -0.3 is 0 Å². The van der Waals surface area contributed by atoms with Gasteiger partial charge in [-0.3, -0.25) is 0 Å². The summed E-state index contributed by atoms with van der Waals surface area (Å²) in [6, 6.07) is 8.19. The average Bonchev–Trinajstić information content (AvgIpc) is 2.55. The van der Waals surface area contributed by atoms with Crippen molar-refractivity contribution in [3.63, 3.8) is 0 Å². The summed E-state index contributed by atoms with van der Waals surface area (Å²) in [6.07, 6.45) is 1.76. The van der Waals surface area contributed by atoms with E-state index in [1.807, 2.05) is 22.9 Å². The zero-order chi connectivity index (χ0) is 10.1. The number of nitrogens with zero attached hydrogens (tertiary/aromatic N) is 2. The second kappa shape index (κ2) is 3.29. The first-order valence-corrected chi connectivity index (χ1v) is 4.83. The van der Waals surface area contributed by atoms with Crippen LogP contribution in [0.3, 0.4) is 0 Å². The van der Waals surface area contributed by atoms with E-state index in [9.17, 15) is 0 Å². The van der Waals surface area contributed by atoms with Crippen LogP contribution in [0.1, 0.15) is 25.5 Å². The van der Waals surface area contributed by atoms with E-state index in [2.05, 4.69) is 31.6 Å². The van der Waals surface area contributed by atoms with Crippen LogP contribution in [0.15, 0.2) is 30.8 Å². The first-order valence-electron chi connectivity index (χ1n) is 4.83. The van der Waals surface area contributed by atoms with Gasteiger partial charge in [0.25, 0.3) is 0 Å². The van der Waals surface area contributed by atoms with Crippen molar-refractivity contribution in [2.24, 2.45) is 0 Å². The Bertz CT molecular complexity index is 466. The Kier molecular flexibility index (Phi) is 2.12. The largest absolute Gasteiger partial charge is 0.244 e. The molecule has 0 aliphatic heterocycles. The second-order valence-electron chi connectivity index (χ2n) is 3.68. The third kappa shape index (κ3) is 1.23. The van der Waals surface area contributed by atoms with Crippen molar-refractivity contribution in [3.8, 4) is 0 Å². The van der Waals surface area contributed by atoms with Gasteiger partial charge in [0.05, 0.1) is 11.2 Å². The van der Waals surface area contributed by atoms with E-state index in [0.29, 0.717) is 5.92 Å². The Balaban J connectivity index is 2.80. The third-order valence-electron chi connectivity index (χ3n) is 2.36. The molecule has 1 heterocycles. The van der Waals surface area contributed by atoms with Gasteiger partial charge in [-0.1, -0.05) is 38.6 Å². The standard InChI is InChI=1S/C12H14N2/c1-4-14-12(9(2)3)10-7-5-6-8-11(10)13-14/h4-9H,1H2,2-3H3. The molecule has 0 radical (unpaired) electrons. The van der Waals surface area contributed by atoms with Crippen molar-refractivity contribution in [2.45, 2.75) is 19.8 Å². The molecule has 0 spiro atoms. The lowest BCUT2D eigenvalue weighted by molar-refractivity contribution is 0.766. The quantitative estimate of drug-likeness (QED) is 0.704. The zero-order valence-electron chi connectivity index (χ0n) is 8.57. The van der Waals surface area contributed by atoms with Crippen LogP contribution in [0.25, 0.3) is 17.1 Å². The highest BCUT2D eigenvalue weighted by Gasteiger charge is 2.11. The molecule has 0 aliphatic carbocycles. The monoisotopic (exact) mass is 186 g/mol. The number of hydrogen-bond donors (Lipinski definition) is 0. The fourth-order valence-electron chi connectivity index (χ4n) is 1.79. The number of fused-ring (bicyclic) bond motifs is 1. The Morgan fingerprint density at radius 2 is 2.07 bits per heavy atom. The summed E-state index contributed by atoms with van der Waals surface area (Å²) in [6.45, 7) is 8.11. The summed E-state index contributed by atoms with van der Waals surface area (Å²) < 4.78 is 1.87. The van der Waals surface area contributed by atoms with Crippen molar-refractivity contribution < 1.29 is 0 Å². The Hall–Kier alpha value is -1.57. The number of rotatable bonds is 2. The molecule has 2 rings (SSSR count). The van der Waals surface area contributed by atoms with Gasteiger partial charge in [-0.2, -0.15) is 5.10 Å². The molecule has 1 aromatic carbocycles. The van der Waals surface area contributed by atoms with Crippen molar-refractivity contribution in [3.05, 3.63) is 36.5 Å². The molecule has 72 valence electrons. The Morgan fingerprint density at radius 1 is 1.36 bits per heavy atom. The molecular weight excluding hydrogens is 172 g/mol. The minimum Gasteiger partial charge on any atom is -0.244 e. The van der Waals surface area contributed by atoms with E-state index in [-0.39, 0.29) is 0 Å². The van der Waals surface area contributed by atoms with Gasteiger partial charge in [0.1, 0.15) is 0 Å². The Labute approximate surface area is 83.9 Å². The molecule has 0 bridgehead atoms. The highest BCUT2D eigenvalue weighted by atomic mass is 15.3. The fraction of sp³-hybridized carbons (Fsp3) is 0.250. The molecule has 0 saturated carbocycles. The van der Waals surface area contributed by atoms with Crippen LogP contribution in [0.5, 0.6) is 0 Å². The van der Waals surface area contributed by atoms with E-state index in [0.717, 1.165) is 5.52 Å². The molecule has 0 amide bonds. The predicted octanol–water partition coefficient (Wildman–Crippen LogP) is 3.26. The summed E-state index contributed by atoms with van der Waals surface area (Å²) in [5.74, 6) is 0.459. The average molecular weight is 186 g/mol. The summed E-state index contributed by atoms with van der Waals surface area (Å²) in [7, 11) is 0. The van der Waals surface area contributed by atoms with E-state index in [1.54, 1.807) is 6.20 Å². The highest BCUT2D eigenvalue weighted by molar-refractivity contribution is 5.82. The van der Waals surface area contributed by atoms with Crippen molar-refractivity contribution >= 4 is 17.1 Å². The summed E-state index contributed by atoms with van der Waals surface area (Å²) in [4.78, 5) is 0. The minimum atomic E-state index is 0.459. The third-order valence-corrected chi connectivity index (χ3v) is 2.36. The van der Waals surface area contributed by atoms with Gasteiger partial charge in [0.15, 0.2) is 0 Å². The van der Waals surface area contributed by atoms with Crippen LogP contribution in [0.2, 0.25) is 0 Å². The zero-order valence-corrected chi connectivity index (χ0v) is 8.57. The van der Waals surface area contributed by atoms with Gasteiger partial charge in [-0.25, -0.2) is 4.68 Å². The molecule has 0 fully saturated rings. The highest BCUT2D eigenvalue weighted by Crippen LogP contribution is 2.24. The molecule has 0 aliphatic rings. The molecule has 0 N–H and O–H groups in total. The molecule has 2 aromatic rings. The number of hydrogen-bond acceptors (Lipinski definition) is 1. The summed E-state index contributed by atoms with van der Waals surface area (Å²) in [5.41, 5.74) is 2.27. The summed E-state index contributed by atoms with van der Waals surface area (Å²) in [5, 5.41) is 5.68. The van der Waals surface area contributed by atoms with Gasteiger partial charge in [-0.05, 0) is 12.0 Å². The van der Waals surface area contributed by atoms with Crippen LogP contribution in [0, 0.1) is 0 Å². The van der Waals surface area contributed by atoms with E-state index in [1.165, 1.54) is 11.1 Å². The molecular formula is C12H14N2. The molecule has 0 unspecified atom stereocenters. The SMILES string of the molecule is C=Cn1nc2ccccc2c1C(C)C. The lowest BCUT2D eigenvalue weighted by Gasteiger charge is -2.05. The van der Waals surface area contributed by atoms with Gasteiger partial charge >= 0.3 is 0 Å². The van der Waals surface area contributed by atoms with Crippen molar-refractivity contribution in [2.75, 3.05) is 0 Å². The van der Waals surface area contributed by atoms with Crippen LogP contribution in [-0.4, -0.2) is 9.78 Å². The maximum Gasteiger partial charge on any atom is 0.0930 e.